The highest BCUT2D eigenvalue weighted by atomic mass is 16.5. The van der Waals surface area contributed by atoms with Crippen molar-refractivity contribution in [1.82, 2.24) is 30.7 Å². The molecule has 5 rings (SSSR count). The van der Waals surface area contributed by atoms with Crippen LogP contribution in [-0.2, 0) is 9.53 Å². The number of hydrogen-bond acceptors (Lipinski definition) is 7. The number of piperazine rings is 1. The third-order valence-corrected chi connectivity index (χ3v) is 10.0. The van der Waals surface area contributed by atoms with Crippen molar-refractivity contribution in [2.24, 2.45) is 5.92 Å². The minimum Gasteiger partial charge on any atom is -0.374 e. The van der Waals surface area contributed by atoms with E-state index in [2.05, 4.69) is 51.5 Å². The van der Waals surface area contributed by atoms with Crippen LogP contribution in [0.3, 0.4) is 0 Å². The molecule has 8 nitrogen and oxygen atoms in total. The minimum absolute atomic E-state index is 0.254. The number of carbonyl (C=O) groups is 1. The zero-order chi connectivity index (χ0) is 25.9. The number of rotatable bonds is 7. The molecule has 37 heavy (non-hydrogen) atoms. The average Bonchev–Trinajstić information content (AvgIpc) is 3.31. The van der Waals surface area contributed by atoms with Gasteiger partial charge in [-0.1, -0.05) is 6.42 Å². The maximum atomic E-state index is 12.3. The van der Waals surface area contributed by atoms with E-state index in [4.69, 9.17) is 4.74 Å². The van der Waals surface area contributed by atoms with E-state index in [1.54, 1.807) is 6.92 Å². The SMILES string of the molecule is CC(=O)N1CCC2CCCC(NC3CCNC(NC4CCC(N5CCN(C)CC5)CC4OC(C)C)C3)C21. The van der Waals surface area contributed by atoms with E-state index in [0.717, 1.165) is 32.4 Å². The molecule has 0 radical (unpaired) electrons. The second-order valence-electron chi connectivity index (χ2n) is 13.0. The van der Waals surface area contributed by atoms with Gasteiger partial charge in [-0.25, -0.2) is 0 Å². The van der Waals surface area contributed by atoms with Crippen LogP contribution in [0.25, 0.3) is 0 Å². The van der Waals surface area contributed by atoms with Crippen molar-refractivity contribution in [3.63, 3.8) is 0 Å². The van der Waals surface area contributed by atoms with Crippen molar-refractivity contribution < 1.29 is 9.53 Å². The van der Waals surface area contributed by atoms with Gasteiger partial charge in [0.1, 0.15) is 0 Å². The molecule has 0 spiro atoms. The molecule has 0 aromatic carbocycles. The fourth-order valence-corrected chi connectivity index (χ4v) is 8.13. The van der Waals surface area contributed by atoms with Gasteiger partial charge in [-0.3, -0.25) is 15.0 Å². The van der Waals surface area contributed by atoms with Gasteiger partial charge in [0.05, 0.1) is 18.4 Å². The lowest BCUT2D eigenvalue weighted by atomic mass is 9.80. The molecule has 1 amide bonds. The Hall–Kier alpha value is -0.770. The molecule has 3 saturated heterocycles. The fraction of sp³-hybridized carbons (Fsp3) is 0.966. The lowest BCUT2D eigenvalue weighted by Crippen LogP contribution is -2.62. The second-order valence-corrected chi connectivity index (χ2v) is 13.0. The highest BCUT2D eigenvalue weighted by molar-refractivity contribution is 5.74. The van der Waals surface area contributed by atoms with Crippen LogP contribution >= 0.6 is 0 Å². The summed E-state index contributed by atoms with van der Waals surface area (Å²) in [7, 11) is 2.24. The van der Waals surface area contributed by atoms with Crippen LogP contribution in [0.4, 0.5) is 0 Å². The van der Waals surface area contributed by atoms with Gasteiger partial charge in [-0.05, 0) is 84.7 Å². The third-order valence-electron chi connectivity index (χ3n) is 10.0. The summed E-state index contributed by atoms with van der Waals surface area (Å²) in [5.74, 6) is 0.949. The summed E-state index contributed by atoms with van der Waals surface area (Å²) >= 11 is 0. The van der Waals surface area contributed by atoms with E-state index < -0.39 is 0 Å². The number of piperidine rings is 1. The molecule has 0 aromatic rings. The maximum absolute atomic E-state index is 12.3. The standard InChI is InChI=1S/C29H54N6O2/c1-20(2)37-27-19-24(34-16-14-33(4)15-17-34)8-9-25(27)32-28-18-23(10-12-30-28)31-26-7-5-6-22-11-13-35(21(3)36)29(22)26/h20,22-32H,5-19H2,1-4H3. The molecule has 212 valence electrons. The fourth-order valence-electron chi connectivity index (χ4n) is 8.13. The molecule has 2 aliphatic carbocycles. The Morgan fingerprint density at radius 1 is 0.919 bits per heavy atom. The van der Waals surface area contributed by atoms with E-state index in [9.17, 15) is 4.79 Å². The van der Waals surface area contributed by atoms with Crippen molar-refractivity contribution in [2.75, 3.05) is 46.3 Å². The Bertz CT molecular complexity index is 744. The van der Waals surface area contributed by atoms with E-state index in [0.29, 0.717) is 42.3 Å². The number of nitrogens with one attached hydrogen (secondary N) is 3. The number of carbonyl (C=O) groups excluding carboxylic acids is 1. The molecule has 8 heteroatoms. The molecule has 3 aliphatic heterocycles. The molecular weight excluding hydrogens is 464 g/mol. The third kappa shape index (κ3) is 6.87. The Morgan fingerprint density at radius 2 is 1.73 bits per heavy atom. The van der Waals surface area contributed by atoms with E-state index >= 15 is 0 Å². The normalized spacial score (nSPS) is 40.2. The van der Waals surface area contributed by atoms with Crippen LogP contribution in [-0.4, -0.2) is 116 Å². The first-order valence-corrected chi connectivity index (χ1v) is 15.5. The predicted octanol–water partition coefficient (Wildman–Crippen LogP) is 2.00. The van der Waals surface area contributed by atoms with Gasteiger partial charge in [-0.2, -0.15) is 0 Å². The summed E-state index contributed by atoms with van der Waals surface area (Å²) in [6.07, 6.45) is 11.7. The number of amides is 1. The Labute approximate surface area is 225 Å². The van der Waals surface area contributed by atoms with E-state index in [1.807, 2.05) is 0 Å². The molecule has 5 aliphatic rings. The first kappa shape index (κ1) is 27.8. The smallest absolute Gasteiger partial charge is 0.219 e. The van der Waals surface area contributed by atoms with Crippen LogP contribution < -0.4 is 16.0 Å². The second kappa shape index (κ2) is 12.6. The molecule has 3 N–H and O–H groups in total. The van der Waals surface area contributed by atoms with Gasteiger partial charge in [0.2, 0.25) is 5.91 Å². The van der Waals surface area contributed by atoms with Crippen LogP contribution in [0.2, 0.25) is 0 Å². The van der Waals surface area contributed by atoms with Gasteiger partial charge in [-0.15, -0.1) is 0 Å². The van der Waals surface area contributed by atoms with Gasteiger partial charge < -0.3 is 25.2 Å². The summed E-state index contributed by atoms with van der Waals surface area (Å²) in [5, 5.41) is 11.9. The van der Waals surface area contributed by atoms with Crippen molar-refractivity contribution in [1.29, 1.82) is 0 Å². The average molecular weight is 519 g/mol. The van der Waals surface area contributed by atoms with Crippen molar-refractivity contribution >= 4 is 5.91 Å². The van der Waals surface area contributed by atoms with Crippen LogP contribution in [0.1, 0.15) is 78.6 Å². The number of likely N-dealkylation sites (N-methyl/N-ethyl adjacent to an activating group) is 1. The summed E-state index contributed by atoms with van der Waals surface area (Å²) in [6.45, 7) is 12.9. The number of fused-ring (bicyclic) bond motifs is 1. The summed E-state index contributed by atoms with van der Waals surface area (Å²) in [5.41, 5.74) is 0. The highest BCUT2D eigenvalue weighted by Gasteiger charge is 2.44. The van der Waals surface area contributed by atoms with Gasteiger partial charge in [0.25, 0.3) is 0 Å². The molecule has 0 aromatic heterocycles. The molecule has 8 unspecified atom stereocenters. The number of likely N-dealkylation sites (tertiary alicyclic amines) is 1. The van der Waals surface area contributed by atoms with Crippen LogP contribution in [0.5, 0.6) is 0 Å². The predicted molar refractivity (Wildman–Crippen MR) is 149 cm³/mol. The number of hydrogen-bond donors (Lipinski definition) is 3. The Kier molecular flexibility index (Phi) is 9.46. The zero-order valence-corrected chi connectivity index (χ0v) is 24.0. The van der Waals surface area contributed by atoms with Crippen molar-refractivity contribution in [3.05, 3.63) is 0 Å². The summed E-state index contributed by atoms with van der Waals surface area (Å²) in [4.78, 5) is 19.7. The maximum Gasteiger partial charge on any atom is 0.219 e. The van der Waals surface area contributed by atoms with Crippen molar-refractivity contribution in [2.45, 2.75) is 127 Å². The quantitative estimate of drug-likeness (QED) is 0.476. The van der Waals surface area contributed by atoms with E-state index in [-0.39, 0.29) is 18.1 Å². The van der Waals surface area contributed by atoms with Crippen LogP contribution in [0, 0.1) is 5.92 Å². The van der Waals surface area contributed by atoms with Crippen LogP contribution in [0.15, 0.2) is 0 Å². The lowest BCUT2D eigenvalue weighted by molar-refractivity contribution is -0.131. The Morgan fingerprint density at radius 3 is 2.49 bits per heavy atom. The lowest BCUT2D eigenvalue weighted by Gasteiger charge is -2.46. The highest BCUT2D eigenvalue weighted by Crippen LogP contribution is 2.37. The molecule has 0 bridgehead atoms. The number of nitrogens with zero attached hydrogens (tertiary/aromatic N) is 3. The minimum atomic E-state index is 0.254. The molecule has 2 saturated carbocycles. The first-order valence-electron chi connectivity index (χ1n) is 15.5. The monoisotopic (exact) mass is 518 g/mol. The molecule has 8 atom stereocenters. The molecule has 3 heterocycles. The summed E-state index contributed by atoms with van der Waals surface area (Å²) in [6, 6.07) is 2.41. The number of ether oxygens (including phenoxy) is 1. The molecule has 5 fully saturated rings. The Balaban J connectivity index is 1.16. The first-order chi connectivity index (χ1) is 17.9. The largest absolute Gasteiger partial charge is 0.374 e. The van der Waals surface area contributed by atoms with Gasteiger partial charge in [0.15, 0.2) is 0 Å². The summed E-state index contributed by atoms with van der Waals surface area (Å²) < 4.78 is 6.54. The van der Waals surface area contributed by atoms with Gasteiger partial charge >= 0.3 is 0 Å². The van der Waals surface area contributed by atoms with E-state index in [1.165, 1.54) is 64.7 Å². The molecular formula is C29H54N6O2. The zero-order valence-electron chi connectivity index (χ0n) is 24.0. The topological polar surface area (TPSA) is 72.1 Å². The van der Waals surface area contributed by atoms with Gasteiger partial charge in [0, 0.05) is 69.9 Å². The van der Waals surface area contributed by atoms with Crippen molar-refractivity contribution in [3.8, 4) is 0 Å².